The Morgan fingerprint density at radius 1 is 1.09 bits per heavy atom. The number of rotatable bonds is 8. The lowest BCUT2D eigenvalue weighted by Gasteiger charge is -2.20. The zero-order chi connectivity index (χ0) is 15.8. The lowest BCUT2D eigenvalue weighted by Crippen LogP contribution is -2.28. The standard InChI is InChI=1S/C17H21N3O2/c1-2-19(14-11-16-5-3-4-12-18-16)13-10-15-6-8-17(9-7-15)20(21)22/h3-9,12H,2,10-11,13-14H2,1H3. The highest BCUT2D eigenvalue weighted by atomic mass is 16.6. The molecule has 2 aromatic rings. The first kappa shape index (κ1) is 16.1. The molecule has 0 radical (unpaired) electrons. The maximum absolute atomic E-state index is 10.6. The Morgan fingerprint density at radius 3 is 2.41 bits per heavy atom. The predicted molar refractivity (Wildman–Crippen MR) is 86.9 cm³/mol. The smallest absolute Gasteiger partial charge is 0.269 e. The third kappa shape index (κ3) is 4.93. The van der Waals surface area contributed by atoms with Crippen LogP contribution in [0, 0.1) is 10.1 Å². The molecule has 1 heterocycles. The summed E-state index contributed by atoms with van der Waals surface area (Å²) in [6.07, 6.45) is 3.66. The normalized spacial score (nSPS) is 10.8. The largest absolute Gasteiger partial charge is 0.303 e. The number of benzene rings is 1. The van der Waals surface area contributed by atoms with Gasteiger partial charge in [-0.3, -0.25) is 15.1 Å². The summed E-state index contributed by atoms with van der Waals surface area (Å²) in [5.41, 5.74) is 2.38. The van der Waals surface area contributed by atoms with E-state index >= 15 is 0 Å². The molecule has 2 rings (SSSR count). The fraction of sp³-hybridized carbons (Fsp3) is 0.353. The summed E-state index contributed by atoms with van der Waals surface area (Å²) in [6, 6.07) is 12.8. The van der Waals surface area contributed by atoms with E-state index in [0.29, 0.717) is 0 Å². The molecule has 5 heteroatoms. The minimum atomic E-state index is -0.366. The first-order chi connectivity index (χ1) is 10.7. The van der Waals surface area contributed by atoms with E-state index in [9.17, 15) is 10.1 Å². The lowest BCUT2D eigenvalue weighted by molar-refractivity contribution is -0.384. The Hall–Kier alpha value is -2.27. The molecule has 1 aromatic carbocycles. The molecule has 0 spiro atoms. The average Bonchev–Trinajstić information content (AvgIpc) is 2.56. The summed E-state index contributed by atoms with van der Waals surface area (Å²) < 4.78 is 0. The number of nitro benzene ring substituents is 1. The van der Waals surface area contributed by atoms with Crippen molar-refractivity contribution < 1.29 is 4.92 Å². The predicted octanol–water partition coefficient (Wildman–Crippen LogP) is 3.10. The molecule has 116 valence electrons. The van der Waals surface area contributed by atoms with Crippen LogP contribution in [-0.2, 0) is 12.8 Å². The van der Waals surface area contributed by atoms with E-state index in [1.54, 1.807) is 12.1 Å². The number of hydrogen-bond donors (Lipinski definition) is 0. The topological polar surface area (TPSA) is 59.3 Å². The van der Waals surface area contributed by atoms with Crippen LogP contribution in [0.2, 0.25) is 0 Å². The summed E-state index contributed by atoms with van der Waals surface area (Å²) in [7, 11) is 0. The Balaban J connectivity index is 1.81. The van der Waals surface area contributed by atoms with Crippen molar-refractivity contribution in [2.24, 2.45) is 0 Å². The lowest BCUT2D eigenvalue weighted by atomic mass is 10.1. The van der Waals surface area contributed by atoms with E-state index in [-0.39, 0.29) is 10.6 Å². The number of pyridine rings is 1. The number of nitro groups is 1. The van der Waals surface area contributed by atoms with Gasteiger partial charge in [0.25, 0.3) is 5.69 Å². The number of nitrogens with zero attached hydrogens (tertiary/aromatic N) is 3. The summed E-state index contributed by atoms with van der Waals surface area (Å²) >= 11 is 0. The Morgan fingerprint density at radius 2 is 1.82 bits per heavy atom. The van der Waals surface area contributed by atoms with E-state index < -0.39 is 0 Å². The number of likely N-dealkylation sites (N-methyl/N-ethyl adjacent to an activating group) is 1. The molecule has 22 heavy (non-hydrogen) atoms. The quantitative estimate of drug-likeness (QED) is 0.555. The molecule has 5 nitrogen and oxygen atoms in total. The maximum atomic E-state index is 10.6. The van der Waals surface area contributed by atoms with E-state index in [1.165, 1.54) is 0 Å². The molecule has 1 aromatic heterocycles. The van der Waals surface area contributed by atoms with Crippen LogP contribution in [0.4, 0.5) is 5.69 Å². The Bertz CT molecular complexity index is 585. The van der Waals surface area contributed by atoms with Crippen LogP contribution in [0.3, 0.4) is 0 Å². The van der Waals surface area contributed by atoms with Crippen molar-refractivity contribution in [3.63, 3.8) is 0 Å². The van der Waals surface area contributed by atoms with Crippen molar-refractivity contribution in [3.05, 3.63) is 70.0 Å². The highest BCUT2D eigenvalue weighted by Crippen LogP contribution is 2.12. The number of non-ortho nitro benzene ring substituents is 1. The zero-order valence-corrected chi connectivity index (χ0v) is 12.8. The van der Waals surface area contributed by atoms with Gasteiger partial charge in [0.05, 0.1) is 4.92 Å². The number of hydrogen-bond acceptors (Lipinski definition) is 4. The molecule has 0 fully saturated rings. The van der Waals surface area contributed by atoms with Gasteiger partial charge in [-0.2, -0.15) is 0 Å². The molecule has 0 amide bonds. The molecule has 0 unspecified atom stereocenters. The minimum absolute atomic E-state index is 0.145. The summed E-state index contributed by atoms with van der Waals surface area (Å²) in [4.78, 5) is 17.0. The van der Waals surface area contributed by atoms with Gasteiger partial charge >= 0.3 is 0 Å². The molecule has 0 saturated heterocycles. The first-order valence-electron chi connectivity index (χ1n) is 7.54. The molecule has 0 atom stereocenters. The van der Waals surface area contributed by atoms with E-state index in [1.807, 2.05) is 36.5 Å². The fourth-order valence-corrected chi connectivity index (χ4v) is 2.32. The maximum Gasteiger partial charge on any atom is 0.269 e. The molecule has 0 aliphatic heterocycles. The van der Waals surface area contributed by atoms with Crippen LogP contribution < -0.4 is 0 Å². The van der Waals surface area contributed by atoms with E-state index in [2.05, 4.69) is 16.8 Å². The molecular formula is C17H21N3O2. The molecule has 0 N–H and O–H groups in total. The van der Waals surface area contributed by atoms with Gasteiger partial charge in [-0.15, -0.1) is 0 Å². The molecule has 0 saturated carbocycles. The molecule has 0 aliphatic carbocycles. The SMILES string of the molecule is CCN(CCc1ccc([N+](=O)[O-])cc1)CCc1ccccn1. The summed E-state index contributed by atoms with van der Waals surface area (Å²) in [5.74, 6) is 0. The van der Waals surface area contributed by atoms with Gasteiger partial charge < -0.3 is 4.90 Å². The van der Waals surface area contributed by atoms with Gasteiger partial charge in [-0.05, 0) is 30.7 Å². The van der Waals surface area contributed by atoms with Crippen LogP contribution in [0.5, 0.6) is 0 Å². The van der Waals surface area contributed by atoms with Crippen LogP contribution in [0.25, 0.3) is 0 Å². The van der Waals surface area contributed by atoms with E-state index in [0.717, 1.165) is 43.7 Å². The van der Waals surface area contributed by atoms with Crippen molar-refractivity contribution in [2.45, 2.75) is 19.8 Å². The summed E-state index contributed by atoms with van der Waals surface area (Å²) in [5, 5.41) is 10.6. The Kier molecular flexibility index (Phi) is 6.03. The van der Waals surface area contributed by atoms with Gasteiger partial charge in [-0.1, -0.05) is 25.1 Å². The fourth-order valence-electron chi connectivity index (χ4n) is 2.32. The first-order valence-corrected chi connectivity index (χ1v) is 7.54. The minimum Gasteiger partial charge on any atom is -0.303 e. The number of aromatic nitrogens is 1. The van der Waals surface area contributed by atoms with Crippen LogP contribution in [-0.4, -0.2) is 34.4 Å². The highest BCUT2D eigenvalue weighted by Gasteiger charge is 2.06. The van der Waals surface area contributed by atoms with Crippen LogP contribution in [0.15, 0.2) is 48.7 Å². The zero-order valence-electron chi connectivity index (χ0n) is 12.8. The second-order valence-corrected chi connectivity index (χ2v) is 5.18. The Labute approximate surface area is 130 Å². The second kappa shape index (κ2) is 8.24. The van der Waals surface area contributed by atoms with Crippen molar-refractivity contribution in [2.75, 3.05) is 19.6 Å². The van der Waals surface area contributed by atoms with Gasteiger partial charge in [0.2, 0.25) is 0 Å². The highest BCUT2D eigenvalue weighted by molar-refractivity contribution is 5.32. The van der Waals surface area contributed by atoms with Gasteiger partial charge in [0.1, 0.15) is 0 Å². The van der Waals surface area contributed by atoms with Crippen molar-refractivity contribution in [1.29, 1.82) is 0 Å². The van der Waals surface area contributed by atoms with Crippen molar-refractivity contribution >= 4 is 5.69 Å². The van der Waals surface area contributed by atoms with Crippen molar-refractivity contribution in [3.8, 4) is 0 Å². The molecule has 0 bridgehead atoms. The van der Waals surface area contributed by atoms with Gasteiger partial charge in [0, 0.05) is 43.5 Å². The van der Waals surface area contributed by atoms with Gasteiger partial charge in [-0.25, -0.2) is 0 Å². The third-order valence-corrected chi connectivity index (χ3v) is 3.72. The third-order valence-electron chi connectivity index (χ3n) is 3.72. The summed E-state index contributed by atoms with van der Waals surface area (Å²) in [6.45, 7) is 5.05. The average molecular weight is 299 g/mol. The van der Waals surface area contributed by atoms with E-state index in [4.69, 9.17) is 0 Å². The second-order valence-electron chi connectivity index (χ2n) is 5.18. The monoisotopic (exact) mass is 299 g/mol. The van der Waals surface area contributed by atoms with Crippen molar-refractivity contribution in [1.82, 2.24) is 9.88 Å². The van der Waals surface area contributed by atoms with Crippen LogP contribution >= 0.6 is 0 Å². The van der Waals surface area contributed by atoms with Gasteiger partial charge in [0.15, 0.2) is 0 Å². The molecular weight excluding hydrogens is 278 g/mol. The van der Waals surface area contributed by atoms with Crippen LogP contribution in [0.1, 0.15) is 18.2 Å². The molecule has 0 aliphatic rings.